The fraction of sp³-hybridized carbons (Fsp3) is 0.846. The average molecular weight is 250 g/mol. The molecule has 0 bridgehead atoms. The third kappa shape index (κ3) is 2.57. The van der Waals surface area contributed by atoms with Crippen LogP contribution in [-0.2, 0) is 6.54 Å². The molecule has 0 spiro atoms. The van der Waals surface area contributed by atoms with E-state index in [1.165, 1.54) is 38.6 Å². The van der Waals surface area contributed by atoms with Crippen LogP contribution in [0.1, 0.15) is 43.9 Å². The molecule has 100 valence electrons. The summed E-state index contributed by atoms with van der Waals surface area (Å²) in [5.41, 5.74) is 0. The van der Waals surface area contributed by atoms with Gasteiger partial charge in [0.1, 0.15) is 0 Å². The minimum atomic E-state index is 0.647. The lowest BCUT2D eigenvalue weighted by atomic mass is 9.94. The average Bonchev–Trinajstić information content (AvgIpc) is 3.02. The Hall–Kier alpha value is -0.940. The zero-order valence-electron chi connectivity index (χ0n) is 11.1. The summed E-state index contributed by atoms with van der Waals surface area (Å²) in [5, 5.41) is 11.7. The van der Waals surface area contributed by atoms with E-state index in [-0.39, 0.29) is 0 Å². The molecule has 2 unspecified atom stereocenters. The molecular weight excluding hydrogens is 228 g/mol. The van der Waals surface area contributed by atoms with Crippen molar-refractivity contribution in [3.05, 3.63) is 11.8 Å². The summed E-state index contributed by atoms with van der Waals surface area (Å²) in [6.07, 6.45) is 6.56. The Bertz CT molecular complexity index is 386. The summed E-state index contributed by atoms with van der Waals surface area (Å²) in [7, 11) is 0. The predicted molar refractivity (Wildman–Crippen MR) is 68.1 cm³/mol. The molecular formula is C13H22N4O. The number of piperidine rings is 1. The summed E-state index contributed by atoms with van der Waals surface area (Å²) in [4.78, 5) is 2.53. The second-order valence-electron chi connectivity index (χ2n) is 5.45. The second-order valence-corrected chi connectivity index (χ2v) is 5.45. The molecule has 5 nitrogen and oxygen atoms in total. The van der Waals surface area contributed by atoms with E-state index in [0.29, 0.717) is 18.0 Å². The number of aromatic nitrogens is 2. The molecule has 3 heterocycles. The van der Waals surface area contributed by atoms with Crippen molar-refractivity contribution >= 4 is 0 Å². The normalized spacial score (nSPS) is 29.8. The molecule has 0 aromatic carbocycles. The van der Waals surface area contributed by atoms with E-state index in [1.807, 2.05) is 6.92 Å². The summed E-state index contributed by atoms with van der Waals surface area (Å²) in [6.45, 7) is 4.99. The number of hydrogen-bond donors (Lipinski definition) is 1. The van der Waals surface area contributed by atoms with Gasteiger partial charge in [-0.05, 0) is 38.8 Å². The van der Waals surface area contributed by atoms with Gasteiger partial charge in [-0.2, -0.15) is 0 Å². The van der Waals surface area contributed by atoms with Crippen molar-refractivity contribution in [2.24, 2.45) is 0 Å². The number of rotatable bonds is 3. The molecule has 0 saturated carbocycles. The van der Waals surface area contributed by atoms with Gasteiger partial charge < -0.3 is 9.73 Å². The molecule has 2 atom stereocenters. The summed E-state index contributed by atoms with van der Waals surface area (Å²) in [5.74, 6) is 1.43. The topological polar surface area (TPSA) is 54.2 Å². The minimum absolute atomic E-state index is 0.647. The third-order valence-electron chi connectivity index (χ3n) is 4.13. The fourth-order valence-electron chi connectivity index (χ4n) is 3.28. The predicted octanol–water partition coefficient (Wildman–Crippen LogP) is 1.48. The van der Waals surface area contributed by atoms with E-state index in [9.17, 15) is 0 Å². The first-order chi connectivity index (χ1) is 8.83. The van der Waals surface area contributed by atoms with Crippen LogP contribution in [0.5, 0.6) is 0 Å². The standard InChI is InChI=1S/C13H22N4O/c1-10-15-16-13(18-10)9-17-8-3-2-6-12(17)11-5-4-7-14-11/h11-12,14H,2-9H2,1H3. The number of likely N-dealkylation sites (tertiary alicyclic amines) is 1. The Kier molecular flexibility index (Phi) is 3.61. The molecule has 1 aromatic heterocycles. The van der Waals surface area contributed by atoms with Crippen LogP contribution in [0.25, 0.3) is 0 Å². The van der Waals surface area contributed by atoms with Crippen LogP contribution in [0.15, 0.2) is 4.42 Å². The van der Waals surface area contributed by atoms with Crippen molar-refractivity contribution in [1.29, 1.82) is 0 Å². The molecule has 0 amide bonds. The first kappa shape index (κ1) is 12.1. The Morgan fingerprint density at radius 1 is 1.28 bits per heavy atom. The van der Waals surface area contributed by atoms with Crippen LogP contribution in [0, 0.1) is 6.92 Å². The molecule has 1 N–H and O–H groups in total. The van der Waals surface area contributed by atoms with Crippen molar-refractivity contribution in [3.63, 3.8) is 0 Å². The Morgan fingerprint density at radius 2 is 2.22 bits per heavy atom. The van der Waals surface area contributed by atoms with Gasteiger partial charge in [0.05, 0.1) is 6.54 Å². The Balaban J connectivity index is 1.67. The lowest BCUT2D eigenvalue weighted by Gasteiger charge is -2.38. The fourth-order valence-corrected chi connectivity index (χ4v) is 3.28. The lowest BCUT2D eigenvalue weighted by Crippen LogP contribution is -2.49. The number of hydrogen-bond acceptors (Lipinski definition) is 5. The first-order valence-corrected chi connectivity index (χ1v) is 7.09. The van der Waals surface area contributed by atoms with E-state index in [0.717, 1.165) is 19.0 Å². The molecule has 3 rings (SSSR count). The highest BCUT2D eigenvalue weighted by Crippen LogP contribution is 2.25. The van der Waals surface area contributed by atoms with E-state index in [1.54, 1.807) is 0 Å². The third-order valence-corrected chi connectivity index (χ3v) is 4.13. The smallest absolute Gasteiger partial charge is 0.230 e. The van der Waals surface area contributed by atoms with Crippen LogP contribution in [0.3, 0.4) is 0 Å². The Labute approximate surface area is 108 Å². The number of nitrogens with one attached hydrogen (secondary N) is 1. The lowest BCUT2D eigenvalue weighted by molar-refractivity contribution is 0.102. The van der Waals surface area contributed by atoms with Crippen LogP contribution in [0.2, 0.25) is 0 Å². The van der Waals surface area contributed by atoms with Gasteiger partial charge in [-0.3, -0.25) is 4.90 Å². The van der Waals surface area contributed by atoms with E-state index >= 15 is 0 Å². The first-order valence-electron chi connectivity index (χ1n) is 7.09. The molecule has 18 heavy (non-hydrogen) atoms. The number of nitrogens with zero attached hydrogens (tertiary/aromatic N) is 3. The Morgan fingerprint density at radius 3 is 2.94 bits per heavy atom. The minimum Gasteiger partial charge on any atom is -0.424 e. The maximum Gasteiger partial charge on any atom is 0.230 e. The molecule has 0 aliphatic carbocycles. The van der Waals surface area contributed by atoms with Gasteiger partial charge >= 0.3 is 0 Å². The van der Waals surface area contributed by atoms with Crippen LogP contribution >= 0.6 is 0 Å². The van der Waals surface area contributed by atoms with Gasteiger partial charge in [0, 0.05) is 19.0 Å². The maximum absolute atomic E-state index is 5.51. The summed E-state index contributed by atoms with van der Waals surface area (Å²) < 4.78 is 5.51. The van der Waals surface area contributed by atoms with Crippen LogP contribution in [0.4, 0.5) is 0 Å². The highest BCUT2D eigenvalue weighted by Gasteiger charge is 2.32. The largest absolute Gasteiger partial charge is 0.424 e. The number of aryl methyl sites for hydroxylation is 1. The van der Waals surface area contributed by atoms with Crippen molar-refractivity contribution < 1.29 is 4.42 Å². The van der Waals surface area contributed by atoms with Crippen molar-refractivity contribution in [3.8, 4) is 0 Å². The van der Waals surface area contributed by atoms with Crippen molar-refractivity contribution in [1.82, 2.24) is 20.4 Å². The monoisotopic (exact) mass is 250 g/mol. The molecule has 2 saturated heterocycles. The van der Waals surface area contributed by atoms with Crippen LogP contribution in [-0.4, -0.2) is 40.3 Å². The van der Waals surface area contributed by atoms with Gasteiger partial charge in [0.25, 0.3) is 0 Å². The van der Waals surface area contributed by atoms with Crippen LogP contribution < -0.4 is 5.32 Å². The maximum atomic E-state index is 5.51. The van der Waals surface area contributed by atoms with Gasteiger partial charge in [-0.15, -0.1) is 10.2 Å². The van der Waals surface area contributed by atoms with Gasteiger partial charge in [0.15, 0.2) is 0 Å². The zero-order chi connectivity index (χ0) is 12.4. The molecule has 0 radical (unpaired) electrons. The highest BCUT2D eigenvalue weighted by atomic mass is 16.4. The molecule has 2 aliphatic rings. The molecule has 1 aromatic rings. The SMILES string of the molecule is Cc1nnc(CN2CCCCC2C2CCCN2)o1. The van der Waals surface area contributed by atoms with E-state index in [4.69, 9.17) is 4.42 Å². The van der Waals surface area contributed by atoms with E-state index < -0.39 is 0 Å². The second kappa shape index (κ2) is 5.36. The summed E-state index contributed by atoms with van der Waals surface area (Å²) in [6, 6.07) is 1.31. The van der Waals surface area contributed by atoms with Gasteiger partial charge in [-0.1, -0.05) is 6.42 Å². The van der Waals surface area contributed by atoms with Gasteiger partial charge in [-0.25, -0.2) is 0 Å². The van der Waals surface area contributed by atoms with E-state index in [2.05, 4.69) is 20.4 Å². The quantitative estimate of drug-likeness (QED) is 0.880. The molecule has 2 fully saturated rings. The molecule has 5 heteroatoms. The van der Waals surface area contributed by atoms with Crippen molar-refractivity contribution in [2.45, 2.75) is 57.7 Å². The van der Waals surface area contributed by atoms with Gasteiger partial charge in [0.2, 0.25) is 11.8 Å². The highest BCUT2D eigenvalue weighted by molar-refractivity contribution is 4.92. The summed E-state index contributed by atoms with van der Waals surface area (Å²) >= 11 is 0. The van der Waals surface area contributed by atoms with Crippen molar-refractivity contribution in [2.75, 3.05) is 13.1 Å². The molecule has 2 aliphatic heterocycles. The zero-order valence-corrected chi connectivity index (χ0v) is 11.1.